The number of aromatic hydroxyl groups is 4. The van der Waals surface area contributed by atoms with Gasteiger partial charge < -0.3 is 79.9 Å². The van der Waals surface area contributed by atoms with Crippen LogP contribution >= 0.6 is 33.3 Å². The van der Waals surface area contributed by atoms with Crippen LogP contribution in [0.25, 0.3) is 77.3 Å². The van der Waals surface area contributed by atoms with E-state index in [0.717, 1.165) is 43.8 Å². The van der Waals surface area contributed by atoms with Crippen LogP contribution < -0.4 is 28.0 Å². The smallest absolute Gasteiger partial charge is 0.507 e. The topological polar surface area (TPSA) is 307 Å². The number of ether oxygens (including phenoxy) is 4. The number of para-hydroxylation sites is 6. The van der Waals surface area contributed by atoms with E-state index in [1.807, 2.05) is 187 Å². The molecular weight excluding hydrogens is 1400 g/mol. The van der Waals surface area contributed by atoms with E-state index in [4.69, 9.17) is 73.8 Å². The summed E-state index contributed by atoms with van der Waals surface area (Å²) in [6, 6.07) is 60.6. The molecule has 9 N–H and O–H groups in total. The molecule has 0 amide bonds. The molecule has 0 aliphatic rings. The summed E-state index contributed by atoms with van der Waals surface area (Å²) in [5.74, 6) is 4.29. The molecule has 20 nitrogen and oxygen atoms in total. The van der Waals surface area contributed by atoms with Crippen LogP contribution in [-0.2, 0) is 26.2 Å². The summed E-state index contributed by atoms with van der Waals surface area (Å²) in [7, 11) is -3.02. The zero-order valence-corrected chi connectivity index (χ0v) is 64.4. The molecule has 0 aliphatic carbocycles. The largest absolute Gasteiger partial charge is 0.692 e. The number of phenolic OH excluding ortho intramolecular Hbond substituents is 4. The second-order valence-electron chi connectivity index (χ2n) is 27.8. The Labute approximate surface area is 608 Å². The van der Waals surface area contributed by atoms with Gasteiger partial charge in [-0.3, -0.25) is 0 Å². The molecule has 0 saturated carbocycles. The molecule has 12 aromatic rings. The molecule has 0 unspecified atom stereocenters. The molecule has 2 aromatic heterocycles. The van der Waals surface area contributed by atoms with Gasteiger partial charge in [0.25, 0.3) is 0 Å². The first kappa shape index (κ1) is 80.0. The van der Waals surface area contributed by atoms with Gasteiger partial charge in [-0.25, -0.2) is 0 Å². The second kappa shape index (κ2) is 34.3. The Morgan fingerprint density at radius 1 is 0.337 bits per heavy atom. The van der Waals surface area contributed by atoms with Gasteiger partial charge in [0.05, 0.1) is 28.4 Å². The molecule has 104 heavy (non-hydrogen) atoms. The van der Waals surface area contributed by atoms with Crippen LogP contribution in [0.15, 0.2) is 211 Å². The summed E-state index contributed by atoms with van der Waals surface area (Å²) in [5, 5.41) is 44.8. The number of rotatable bonds is 11. The minimum absolute atomic E-state index is 0.140. The van der Waals surface area contributed by atoms with Crippen molar-refractivity contribution < 1.29 is 94.2 Å². The standard InChI is InChI=1S/C46H44O8P2.C22H30O4.C12H10O2.H3O3P.HO3P/c1-45(2,3)37-27-29(47-7)25-35(43(37)53-55-49-39-21-13-9-17-31(39)32-18-10-14-22-40(32)50-55)36-26-30(48-8)28-38(46(4,5)6)44(36)54-56-51-41-23-15-11-19-33(41)34-20-12-16-24-42(34)52-56;1-21(2,3)17-11-13(25-7)9-15(19(17)23)16-10-14(26-8)12-18(20(16)24)22(4,5)6;13-11-7-3-1-5-9(11)10-6-2-4-8-12(10)14;2*1-4(2)3/h9-28H,1-8H3;9-12,23-24H,1-8H3;1-8,13-14H;1-3H;(H-,1,2,3)/p+1. The molecule has 2 heterocycles. The van der Waals surface area contributed by atoms with E-state index in [1.54, 1.807) is 77.0 Å². The van der Waals surface area contributed by atoms with Crippen LogP contribution in [0, 0.1) is 0 Å². The number of hydrogen-bond donors (Lipinski definition) is 9. The van der Waals surface area contributed by atoms with E-state index in [1.165, 1.54) is 0 Å². The molecule has 548 valence electrons. The van der Waals surface area contributed by atoms with Crippen LogP contribution in [0.4, 0.5) is 0 Å². The quantitative estimate of drug-likeness (QED) is 0.0544. The van der Waals surface area contributed by atoms with Crippen molar-refractivity contribution in [3.05, 3.63) is 216 Å². The van der Waals surface area contributed by atoms with Crippen molar-refractivity contribution >= 4 is 77.2 Å². The van der Waals surface area contributed by atoms with Crippen LogP contribution in [-0.4, -0.2) is 73.3 Å². The van der Waals surface area contributed by atoms with Gasteiger partial charge in [-0.1, -0.05) is 192 Å². The molecule has 10 aromatic carbocycles. The molecule has 12 rings (SSSR count). The third kappa shape index (κ3) is 20.0. The van der Waals surface area contributed by atoms with Crippen molar-refractivity contribution in [3.8, 4) is 90.9 Å². The lowest BCUT2D eigenvalue weighted by Crippen LogP contribution is -2.15. The Kier molecular flexibility index (Phi) is 26.4. The highest BCUT2D eigenvalue weighted by Crippen LogP contribution is 2.55. The molecule has 0 aliphatic heterocycles. The van der Waals surface area contributed by atoms with Gasteiger partial charge in [-0.2, -0.15) is 0 Å². The minimum atomic E-state index is -2.87. The first-order valence-electron chi connectivity index (χ1n) is 32.7. The average molecular weight is 1490 g/mol. The van der Waals surface area contributed by atoms with Gasteiger partial charge in [0, 0.05) is 81.7 Å². The SMILES string of the molecule is COc1cc(-c2cc(OC)cc(C(C)(C)C)c2O)c(O)c(C(C)(C)C)c1.COc1cc(-c2cc(OC)cc(C(C)(C)C)c2Op2oc3ccccc3c3ccccc3o2)c(Op2oc3ccccc3c3ccccc3o2)c(C(C)(C)C)c1.O=[P+](O)O.OP(O)O.Oc1ccccc1-c1ccccc1O. The van der Waals surface area contributed by atoms with E-state index >= 15 is 0 Å². The van der Waals surface area contributed by atoms with Crippen molar-refractivity contribution in [2.45, 2.75) is 105 Å². The Bertz CT molecular complexity index is 4650. The van der Waals surface area contributed by atoms with E-state index in [0.29, 0.717) is 90.2 Å². The van der Waals surface area contributed by atoms with E-state index < -0.39 is 44.2 Å². The maximum absolute atomic E-state index is 11.0. The monoisotopic (exact) mass is 1490 g/mol. The fourth-order valence-electron chi connectivity index (χ4n) is 11.2. The summed E-state index contributed by atoms with van der Waals surface area (Å²) < 4.78 is 72.1. The molecule has 0 fully saturated rings. The first-order valence-corrected chi connectivity index (χ1v) is 37.2. The summed E-state index contributed by atoms with van der Waals surface area (Å²) in [4.78, 5) is 35.9. The van der Waals surface area contributed by atoms with Crippen molar-refractivity contribution in [3.63, 3.8) is 0 Å². The van der Waals surface area contributed by atoms with Crippen LogP contribution in [0.5, 0.6) is 57.5 Å². The number of methoxy groups -OCH3 is 4. The first-order chi connectivity index (χ1) is 49.1. The number of phenols is 4. The second-order valence-corrected chi connectivity index (χ2v) is 30.8. The number of fused-ring (bicyclic) bond motifs is 6. The lowest BCUT2D eigenvalue weighted by Gasteiger charge is -2.28. The van der Waals surface area contributed by atoms with Crippen LogP contribution in [0.1, 0.15) is 105 Å². The lowest BCUT2D eigenvalue weighted by molar-refractivity contribution is 0.368. The molecule has 0 radical (unpaired) electrons. The fourth-order valence-corrected chi connectivity index (χ4v) is 13.4. The Hall–Kier alpha value is -9.67. The Balaban J connectivity index is 0.000000233. The molecule has 0 saturated heterocycles. The molecule has 0 atom stereocenters. The minimum Gasteiger partial charge on any atom is -0.507 e. The fraction of sp³-hybridized carbons (Fsp3) is 0.250. The summed E-state index contributed by atoms with van der Waals surface area (Å²) in [6.07, 6.45) is 0. The maximum atomic E-state index is 11.0. The highest BCUT2D eigenvalue weighted by Gasteiger charge is 2.33. The summed E-state index contributed by atoms with van der Waals surface area (Å²) in [5.41, 5.74) is 8.29. The number of benzene rings is 10. The van der Waals surface area contributed by atoms with Gasteiger partial charge >= 0.3 is 33.3 Å². The predicted molar refractivity (Wildman–Crippen MR) is 414 cm³/mol. The zero-order chi connectivity index (χ0) is 76.2. The van der Waals surface area contributed by atoms with Crippen LogP contribution in [0.2, 0.25) is 0 Å². The molecule has 24 heteroatoms. The Morgan fingerprint density at radius 3 is 0.798 bits per heavy atom. The van der Waals surface area contributed by atoms with Crippen molar-refractivity contribution in [1.82, 2.24) is 0 Å². The summed E-state index contributed by atoms with van der Waals surface area (Å²) >= 11 is 0. The lowest BCUT2D eigenvalue weighted by atomic mass is 9.81. The average Bonchev–Trinajstić information content (AvgIpc) is 1.12. The van der Waals surface area contributed by atoms with E-state index in [2.05, 4.69) is 41.5 Å². The van der Waals surface area contributed by atoms with Gasteiger partial charge in [-0.05, 0) is 107 Å². The van der Waals surface area contributed by atoms with Crippen molar-refractivity contribution in [2.24, 2.45) is 0 Å². The van der Waals surface area contributed by atoms with E-state index in [9.17, 15) is 20.4 Å². The molecule has 0 bridgehead atoms. The van der Waals surface area contributed by atoms with Gasteiger partial charge in [0.15, 0.2) is 0 Å². The van der Waals surface area contributed by atoms with E-state index in [-0.39, 0.29) is 33.8 Å². The maximum Gasteiger partial charge on any atom is 0.692 e. The Morgan fingerprint density at radius 2 is 0.558 bits per heavy atom. The zero-order valence-electron chi connectivity index (χ0n) is 60.8. The highest BCUT2D eigenvalue weighted by atomic mass is 31.2. The third-order valence-electron chi connectivity index (χ3n) is 16.3. The summed E-state index contributed by atoms with van der Waals surface area (Å²) in [6.45, 7) is 25.0. The van der Waals surface area contributed by atoms with Gasteiger partial charge in [0.2, 0.25) is 0 Å². The van der Waals surface area contributed by atoms with Gasteiger partial charge in [-0.15, -0.1) is 9.79 Å². The molecular formula is C80H89O20P4+. The van der Waals surface area contributed by atoms with Gasteiger partial charge in [0.1, 0.15) is 79.8 Å². The molecule has 0 spiro atoms. The predicted octanol–water partition coefficient (Wildman–Crippen LogP) is 21.8. The number of hydrogen-bond acceptors (Lipinski definition) is 18. The normalized spacial score (nSPS) is 11.4. The van der Waals surface area contributed by atoms with Crippen LogP contribution in [0.3, 0.4) is 0 Å². The van der Waals surface area contributed by atoms with Crippen molar-refractivity contribution in [2.75, 3.05) is 28.4 Å². The third-order valence-corrected chi connectivity index (χ3v) is 18.3. The highest BCUT2D eigenvalue weighted by molar-refractivity contribution is 7.38. The van der Waals surface area contributed by atoms with Crippen molar-refractivity contribution in [1.29, 1.82) is 0 Å².